The topological polar surface area (TPSA) is 74.6 Å². The summed E-state index contributed by atoms with van der Waals surface area (Å²) in [5.41, 5.74) is -0.418. The number of Topliss-reactive ketones (excluding diaryl/α,β-unsaturated/α-hetero) is 2. The molecule has 0 fully saturated rings. The molecule has 0 spiro atoms. The Hall–Kier alpha value is -1.00. The lowest BCUT2D eigenvalue weighted by Gasteiger charge is -2.29. The van der Waals surface area contributed by atoms with Crippen molar-refractivity contribution in [2.24, 2.45) is 11.8 Å². The van der Waals surface area contributed by atoms with Crippen molar-refractivity contribution in [3.63, 3.8) is 0 Å². The molecule has 2 N–H and O–H groups in total. The Bertz CT molecular complexity index is 389. The summed E-state index contributed by atoms with van der Waals surface area (Å²) < 4.78 is 0. The lowest BCUT2D eigenvalue weighted by atomic mass is 9.78. The first-order valence-corrected chi connectivity index (χ1v) is 6.74. The minimum atomic E-state index is -1.20. The van der Waals surface area contributed by atoms with Crippen molar-refractivity contribution >= 4 is 11.6 Å². The van der Waals surface area contributed by atoms with E-state index in [4.69, 9.17) is 0 Å². The predicted molar refractivity (Wildman–Crippen MR) is 72.6 cm³/mol. The summed E-state index contributed by atoms with van der Waals surface area (Å²) in [6.07, 6.45) is 1.53. The van der Waals surface area contributed by atoms with Gasteiger partial charge in [-0.3, -0.25) is 9.59 Å². The first-order chi connectivity index (χ1) is 8.61. The van der Waals surface area contributed by atoms with E-state index >= 15 is 0 Å². The second-order valence-corrected chi connectivity index (χ2v) is 6.24. The quantitative estimate of drug-likeness (QED) is 0.709. The molecule has 0 aromatic carbocycles. The molecule has 0 saturated carbocycles. The summed E-state index contributed by atoms with van der Waals surface area (Å²) in [6, 6.07) is 0. The van der Waals surface area contributed by atoms with Gasteiger partial charge in [-0.25, -0.2) is 0 Å². The highest BCUT2D eigenvalue weighted by Gasteiger charge is 2.36. The van der Waals surface area contributed by atoms with Crippen LogP contribution < -0.4 is 0 Å². The lowest BCUT2D eigenvalue weighted by molar-refractivity contribution is -0.137. The van der Waals surface area contributed by atoms with Crippen LogP contribution in [0.15, 0.2) is 11.6 Å². The molecule has 3 atom stereocenters. The first-order valence-electron chi connectivity index (χ1n) is 6.74. The second-order valence-electron chi connectivity index (χ2n) is 6.24. The number of carbonyl (C=O) groups excluding carboxylic acids is 2. The Morgan fingerprint density at radius 1 is 1.26 bits per heavy atom. The third-order valence-corrected chi connectivity index (χ3v) is 3.72. The molecule has 4 nitrogen and oxygen atoms in total. The van der Waals surface area contributed by atoms with Gasteiger partial charge >= 0.3 is 0 Å². The number of rotatable bonds is 1. The van der Waals surface area contributed by atoms with Crippen molar-refractivity contribution in [2.75, 3.05) is 0 Å². The molecule has 1 aliphatic rings. The molecule has 0 unspecified atom stereocenters. The molecule has 0 bridgehead atoms. The van der Waals surface area contributed by atoms with Gasteiger partial charge in [-0.1, -0.05) is 18.6 Å². The monoisotopic (exact) mass is 268 g/mol. The van der Waals surface area contributed by atoms with Gasteiger partial charge in [0.2, 0.25) is 0 Å². The molecule has 0 aliphatic heterocycles. The van der Waals surface area contributed by atoms with Gasteiger partial charge in [0, 0.05) is 18.8 Å². The highest BCUT2D eigenvalue weighted by molar-refractivity contribution is 5.90. The van der Waals surface area contributed by atoms with Gasteiger partial charge in [-0.15, -0.1) is 0 Å². The van der Waals surface area contributed by atoms with Crippen molar-refractivity contribution in [3.8, 4) is 0 Å². The average molecular weight is 268 g/mol. The average Bonchev–Trinajstić information content (AvgIpc) is 2.21. The predicted octanol–water partition coefficient (Wildman–Crippen LogP) is 1.64. The van der Waals surface area contributed by atoms with E-state index in [1.807, 2.05) is 0 Å². The number of hydrogen-bond donors (Lipinski definition) is 2. The van der Waals surface area contributed by atoms with Crippen molar-refractivity contribution in [1.29, 1.82) is 0 Å². The number of aliphatic hydroxyl groups is 2. The van der Waals surface area contributed by atoms with Gasteiger partial charge in [0.05, 0.1) is 17.6 Å². The zero-order valence-corrected chi connectivity index (χ0v) is 12.1. The minimum absolute atomic E-state index is 0.0451. The number of ketones is 2. The molecule has 0 saturated heterocycles. The smallest absolute Gasteiger partial charge is 0.143 e. The Morgan fingerprint density at radius 3 is 2.37 bits per heavy atom. The van der Waals surface area contributed by atoms with E-state index in [-0.39, 0.29) is 30.3 Å². The Morgan fingerprint density at radius 2 is 1.84 bits per heavy atom. The van der Waals surface area contributed by atoms with Crippen molar-refractivity contribution in [1.82, 2.24) is 0 Å². The fourth-order valence-electron chi connectivity index (χ4n) is 2.51. The van der Waals surface area contributed by atoms with E-state index in [2.05, 4.69) is 0 Å². The van der Waals surface area contributed by atoms with Crippen LogP contribution in [0.1, 0.15) is 47.0 Å². The van der Waals surface area contributed by atoms with E-state index in [0.29, 0.717) is 6.42 Å². The van der Waals surface area contributed by atoms with Gasteiger partial charge in [0.1, 0.15) is 11.6 Å². The Balaban J connectivity index is 3.07. The molecule has 4 heteroatoms. The highest BCUT2D eigenvalue weighted by Crippen LogP contribution is 2.28. The van der Waals surface area contributed by atoms with Crippen LogP contribution in [0.3, 0.4) is 0 Å². The minimum Gasteiger partial charge on any atom is -0.390 e. The first kappa shape index (κ1) is 16.1. The zero-order valence-electron chi connectivity index (χ0n) is 12.1. The van der Waals surface area contributed by atoms with E-state index in [1.54, 1.807) is 33.8 Å². The number of hydrogen-bond acceptors (Lipinski definition) is 4. The molecule has 0 aromatic heterocycles. The molecular weight excluding hydrogens is 244 g/mol. The van der Waals surface area contributed by atoms with Crippen LogP contribution in [-0.4, -0.2) is 33.5 Å². The SMILES string of the molecule is C/C1=C\[C@H](O)C[C@H](C)C(=O)C[C@@H](C(C)(C)O)C(=O)C1. The molecule has 108 valence electrons. The molecule has 19 heavy (non-hydrogen) atoms. The number of carbonyl (C=O) groups is 2. The van der Waals surface area contributed by atoms with Crippen LogP contribution >= 0.6 is 0 Å². The van der Waals surface area contributed by atoms with E-state index in [0.717, 1.165) is 5.57 Å². The maximum atomic E-state index is 12.2. The maximum Gasteiger partial charge on any atom is 0.143 e. The van der Waals surface area contributed by atoms with Crippen LogP contribution in [0.25, 0.3) is 0 Å². The van der Waals surface area contributed by atoms with Crippen molar-refractivity contribution < 1.29 is 19.8 Å². The summed E-state index contributed by atoms with van der Waals surface area (Å²) in [7, 11) is 0. The van der Waals surface area contributed by atoms with E-state index < -0.39 is 17.6 Å². The lowest BCUT2D eigenvalue weighted by Crippen LogP contribution is -2.39. The molecule has 1 rings (SSSR count). The van der Waals surface area contributed by atoms with Gasteiger partial charge in [-0.2, -0.15) is 0 Å². The fourth-order valence-corrected chi connectivity index (χ4v) is 2.51. The maximum absolute atomic E-state index is 12.2. The molecule has 0 aromatic rings. The third kappa shape index (κ3) is 4.55. The summed E-state index contributed by atoms with van der Waals surface area (Å²) in [5.74, 6) is -1.21. The zero-order chi connectivity index (χ0) is 14.8. The van der Waals surface area contributed by atoms with Crippen LogP contribution in [-0.2, 0) is 9.59 Å². The van der Waals surface area contributed by atoms with Crippen molar-refractivity contribution in [2.45, 2.75) is 58.7 Å². The Labute approximate surface area is 114 Å². The summed E-state index contributed by atoms with van der Waals surface area (Å²) in [6.45, 7) is 6.67. The second kappa shape index (κ2) is 5.97. The fraction of sp³-hybridized carbons (Fsp3) is 0.733. The van der Waals surface area contributed by atoms with Gasteiger partial charge < -0.3 is 10.2 Å². The van der Waals surface area contributed by atoms with E-state index in [9.17, 15) is 19.8 Å². The Kier molecular flexibility index (Phi) is 5.04. The van der Waals surface area contributed by atoms with Crippen LogP contribution in [0, 0.1) is 11.8 Å². The van der Waals surface area contributed by atoms with Crippen LogP contribution in [0.2, 0.25) is 0 Å². The van der Waals surface area contributed by atoms with E-state index in [1.165, 1.54) is 0 Å². The number of aliphatic hydroxyl groups excluding tert-OH is 1. The molecule has 0 amide bonds. The third-order valence-electron chi connectivity index (χ3n) is 3.72. The molecule has 1 aliphatic carbocycles. The van der Waals surface area contributed by atoms with Gasteiger partial charge in [-0.05, 0) is 27.2 Å². The normalized spacial score (nSPS) is 33.8. The standard InChI is InChI=1S/C15H24O4/c1-9-5-11(16)7-10(2)13(17)8-12(14(18)6-9)15(3,4)19/h5,10-12,16,19H,6-8H2,1-4H3/b9-5+/t10-,11-,12+/m0/s1. The van der Waals surface area contributed by atoms with Gasteiger partial charge in [0.15, 0.2) is 0 Å². The molecule has 0 heterocycles. The summed E-state index contributed by atoms with van der Waals surface area (Å²) >= 11 is 0. The summed E-state index contributed by atoms with van der Waals surface area (Å²) in [4.78, 5) is 24.3. The van der Waals surface area contributed by atoms with Crippen LogP contribution in [0.4, 0.5) is 0 Å². The molecular formula is C15H24O4. The molecule has 0 radical (unpaired) electrons. The highest BCUT2D eigenvalue weighted by atomic mass is 16.3. The van der Waals surface area contributed by atoms with Gasteiger partial charge in [0.25, 0.3) is 0 Å². The largest absolute Gasteiger partial charge is 0.390 e. The number of allylic oxidation sites excluding steroid dienone is 1. The van der Waals surface area contributed by atoms with Crippen molar-refractivity contribution in [3.05, 3.63) is 11.6 Å². The van der Waals surface area contributed by atoms with Crippen LogP contribution in [0.5, 0.6) is 0 Å². The summed E-state index contributed by atoms with van der Waals surface area (Å²) in [5, 5.41) is 19.9.